The number of carbonyl (C=O) groups excluding carboxylic acids is 1. The van der Waals surface area contributed by atoms with E-state index in [1.54, 1.807) is 24.5 Å². The fourth-order valence-corrected chi connectivity index (χ4v) is 2.70. The summed E-state index contributed by atoms with van der Waals surface area (Å²) < 4.78 is 13.9. The zero-order valence-electron chi connectivity index (χ0n) is 14.2. The number of aromatic nitrogens is 1. The molecular weight excluding hydrogens is 315 g/mol. The first-order chi connectivity index (χ1) is 12.1. The second-order valence-electron chi connectivity index (χ2n) is 6.02. The van der Waals surface area contributed by atoms with E-state index in [4.69, 9.17) is 0 Å². The Kier molecular flexibility index (Phi) is 4.89. The average Bonchev–Trinajstić information content (AvgIpc) is 2.63. The van der Waals surface area contributed by atoms with Crippen LogP contribution in [0.25, 0.3) is 0 Å². The lowest BCUT2D eigenvalue weighted by molar-refractivity contribution is 0.0939. The molecule has 0 bridgehead atoms. The third-order valence-electron chi connectivity index (χ3n) is 4.28. The van der Waals surface area contributed by atoms with Crippen LogP contribution in [0, 0.1) is 19.7 Å². The summed E-state index contributed by atoms with van der Waals surface area (Å²) in [6.07, 6.45) is 3.39. The molecule has 0 unspecified atom stereocenters. The van der Waals surface area contributed by atoms with Crippen LogP contribution in [0.4, 0.5) is 4.39 Å². The van der Waals surface area contributed by atoms with Crippen molar-refractivity contribution in [1.82, 2.24) is 10.3 Å². The summed E-state index contributed by atoms with van der Waals surface area (Å²) in [7, 11) is 0. The van der Waals surface area contributed by atoms with Gasteiger partial charge in [-0.25, -0.2) is 4.39 Å². The molecule has 1 amide bonds. The van der Waals surface area contributed by atoms with Crippen LogP contribution in [-0.2, 0) is 0 Å². The minimum absolute atomic E-state index is 0.0280. The molecule has 1 aromatic heterocycles. The zero-order valence-corrected chi connectivity index (χ0v) is 14.2. The number of nitrogens with zero attached hydrogens (tertiary/aromatic N) is 1. The molecule has 1 heterocycles. The first-order valence-corrected chi connectivity index (χ1v) is 8.08. The molecule has 2 aromatic carbocycles. The number of halogens is 1. The van der Waals surface area contributed by atoms with E-state index in [1.165, 1.54) is 17.7 Å². The molecular formula is C21H19FN2O. The van der Waals surface area contributed by atoms with Crippen molar-refractivity contribution in [3.05, 3.63) is 101 Å². The van der Waals surface area contributed by atoms with E-state index in [-0.39, 0.29) is 5.56 Å². The minimum atomic E-state index is -0.537. The van der Waals surface area contributed by atoms with Crippen LogP contribution in [0.1, 0.15) is 38.7 Å². The third kappa shape index (κ3) is 3.74. The first-order valence-electron chi connectivity index (χ1n) is 8.08. The molecule has 25 heavy (non-hydrogen) atoms. The molecule has 4 heteroatoms. The molecule has 1 atom stereocenters. The van der Waals surface area contributed by atoms with Crippen LogP contribution in [0.3, 0.4) is 0 Å². The van der Waals surface area contributed by atoms with Crippen molar-refractivity contribution >= 4 is 5.91 Å². The Hall–Kier alpha value is -3.01. The van der Waals surface area contributed by atoms with Gasteiger partial charge in [0.25, 0.3) is 5.91 Å². The predicted molar refractivity (Wildman–Crippen MR) is 95.9 cm³/mol. The number of pyridine rings is 1. The van der Waals surface area contributed by atoms with Gasteiger partial charge < -0.3 is 5.32 Å². The topological polar surface area (TPSA) is 42.0 Å². The van der Waals surface area contributed by atoms with E-state index in [9.17, 15) is 9.18 Å². The normalized spacial score (nSPS) is 11.8. The highest BCUT2D eigenvalue weighted by atomic mass is 19.1. The number of nitrogens with one attached hydrogen (secondary N) is 1. The molecule has 3 nitrogen and oxygen atoms in total. The molecule has 3 rings (SSSR count). The zero-order chi connectivity index (χ0) is 17.8. The van der Waals surface area contributed by atoms with Gasteiger partial charge in [-0.05, 0) is 54.3 Å². The van der Waals surface area contributed by atoms with Crippen molar-refractivity contribution in [3.8, 4) is 0 Å². The molecule has 0 saturated carbocycles. The molecule has 1 N–H and O–H groups in total. The summed E-state index contributed by atoms with van der Waals surface area (Å²) in [5.41, 5.74) is 4.11. The van der Waals surface area contributed by atoms with E-state index in [1.807, 2.05) is 44.2 Å². The summed E-state index contributed by atoms with van der Waals surface area (Å²) in [6.45, 7) is 4.06. The van der Waals surface area contributed by atoms with Gasteiger partial charge in [-0.3, -0.25) is 9.78 Å². The van der Waals surface area contributed by atoms with Gasteiger partial charge in [0.05, 0.1) is 11.6 Å². The fourth-order valence-electron chi connectivity index (χ4n) is 2.70. The van der Waals surface area contributed by atoms with E-state index < -0.39 is 17.8 Å². The van der Waals surface area contributed by atoms with Gasteiger partial charge in [0.1, 0.15) is 5.82 Å². The highest BCUT2D eigenvalue weighted by molar-refractivity contribution is 5.94. The lowest BCUT2D eigenvalue weighted by atomic mass is 9.96. The molecule has 0 spiro atoms. The molecule has 126 valence electrons. The minimum Gasteiger partial charge on any atom is -0.341 e. The highest BCUT2D eigenvalue weighted by Gasteiger charge is 2.20. The van der Waals surface area contributed by atoms with Gasteiger partial charge in [0, 0.05) is 12.4 Å². The first kappa shape index (κ1) is 16.8. The number of hydrogen-bond acceptors (Lipinski definition) is 2. The Balaban J connectivity index is 1.99. The largest absolute Gasteiger partial charge is 0.341 e. The van der Waals surface area contributed by atoms with Crippen LogP contribution in [0.2, 0.25) is 0 Å². The number of benzene rings is 2. The van der Waals surface area contributed by atoms with Gasteiger partial charge in [-0.15, -0.1) is 0 Å². The number of carbonyl (C=O) groups is 1. The van der Waals surface area contributed by atoms with E-state index in [0.29, 0.717) is 0 Å². The number of amides is 1. The lowest BCUT2D eigenvalue weighted by Gasteiger charge is -2.20. The number of aryl methyl sites for hydroxylation is 2. The number of hydrogen-bond donors (Lipinski definition) is 1. The molecule has 0 aliphatic rings. The van der Waals surface area contributed by atoms with Crippen LogP contribution in [0.5, 0.6) is 0 Å². The van der Waals surface area contributed by atoms with Crippen LogP contribution >= 0.6 is 0 Å². The average molecular weight is 334 g/mol. The third-order valence-corrected chi connectivity index (χ3v) is 4.28. The van der Waals surface area contributed by atoms with Crippen LogP contribution in [0.15, 0.2) is 67.0 Å². The lowest BCUT2D eigenvalue weighted by Crippen LogP contribution is -2.30. The Morgan fingerprint density at radius 3 is 2.48 bits per heavy atom. The van der Waals surface area contributed by atoms with E-state index in [0.717, 1.165) is 16.7 Å². The maximum atomic E-state index is 13.9. The highest BCUT2D eigenvalue weighted by Crippen LogP contribution is 2.24. The van der Waals surface area contributed by atoms with Crippen molar-refractivity contribution in [3.63, 3.8) is 0 Å². The van der Waals surface area contributed by atoms with Crippen molar-refractivity contribution in [2.45, 2.75) is 19.9 Å². The maximum Gasteiger partial charge on any atom is 0.255 e. The van der Waals surface area contributed by atoms with Crippen molar-refractivity contribution in [1.29, 1.82) is 0 Å². The van der Waals surface area contributed by atoms with Gasteiger partial charge in [-0.1, -0.05) is 36.4 Å². The van der Waals surface area contributed by atoms with Crippen molar-refractivity contribution < 1.29 is 9.18 Å². The quantitative estimate of drug-likeness (QED) is 0.770. The summed E-state index contributed by atoms with van der Waals surface area (Å²) in [5.74, 6) is -0.991. The standard InChI is InChI=1S/C21H19FN2O/c1-14-9-10-16(12-15(14)2)20(17-6-5-11-23-13-17)24-21(25)18-7-3-4-8-19(18)22/h3-13,20H,1-2H3,(H,24,25)/t20-/m1/s1. The fraction of sp³-hybridized carbons (Fsp3) is 0.143. The molecule has 0 saturated heterocycles. The van der Waals surface area contributed by atoms with Crippen LogP contribution < -0.4 is 5.32 Å². The molecule has 0 radical (unpaired) electrons. The van der Waals surface area contributed by atoms with Crippen LogP contribution in [-0.4, -0.2) is 10.9 Å². The van der Waals surface area contributed by atoms with Gasteiger partial charge in [0.15, 0.2) is 0 Å². The monoisotopic (exact) mass is 334 g/mol. The van der Waals surface area contributed by atoms with Crippen molar-refractivity contribution in [2.75, 3.05) is 0 Å². The second kappa shape index (κ2) is 7.26. The molecule has 0 aliphatic carbocycles. The number of rotatable bonds is 4. The van der Waals surface area contributed by atoms with E-state index in [2.05, 4.69) is 10.3 Å². The molecule has 3 aromatic rings. The van der Waals surface area contributed by atoms with Gasteiger partial charge >= 0.3 is 0 Å². The summed E-state index contributed by atoms with van der Waals surface area (Å²) in [6, 6.07) is 15.3. The summed E-state index contributed by atoms with van der Waals surface area (Å²) >= 11 is 0. The Morgan fingerprint density at radius 1 is 1.00 bits per heavy atom. The van der Waals surface area contributed by atoms with Gasteiger partial charge in [-0.2, -0.15) is 0 Å². The summed E-state index contributed by atoms with van der Waals surface area (Å²) in [4.78, 5) is 16.7. The maximum absolute atomic E-state index is 13.9. The van der Waals surface area contributed by atoms with E-state index >= 15 is 0 Å². The Labute approximate surface area is 146 Å². The molecule has 0 aliphatic heterocycles. The molecule has 0 fully saturated rings. The Bertz CT molecular complexity index is 893. The SMILES string of the molecule is Cc1ccc([C@@H](NC(=O)c2ccccc2F)c2cccnc2)cc1C. The van der Waals surface area contributed by atoms with Crippen molar-refractivity contribution in [2.24, 2.45) is 0 Å². The summed E-state index contributed by atoms with van der Waals surface area (Å²) in [5, 5.41) is 2.93. The van der Waals surface area contributed by atoms with Gasteiger partial charge in [0.2, 0.25) is 0 Å². The predicted octanol–water partition coefficient (Wildman–Crippen LogP) is 4.36. The Morgan fingerprint density at radius 2 is 1.80 bits per heavy atom. The smallest absolute Gasteiger partial charge is 0.255 e. The second-order valence-corrected chi connectivity index (χ2v) is 6.02.